The number of aromatic carboxylic acids is 1. The fraction of sp³-hybridized carbons (Fsp3) is 0.333. The fourth-order valence-corrected chi connectivity index (χ4v) is 3.70. The van der Waals surface area contributed by atoms with Gasteiger partial charge in [0.05, 0.1) is 17.5 Å². The van der Waals surface area contributed by atoms with Gasteiger partial charge in [0, 0.05) is 38.1 Å². The highest BCUT2D eigenvalue weighted by atomic mass is 16.4. The molecule has 0 saturated carbocycles. The lowest BCUT2D eigenvalue weighted by Gasteiger charge is -2.31. The average molecular weight is 377 g/mol. The lowest BCUT2D eigenvalue weighted by atomic mass is 9.93. The van der Waals surface area contributed by atoms with E-state index in [1.165, 1.54) is 0 Å². The van der Waals surface area contributed by atoms with Crippen molar-refractivity contribution < 1.29 is 9.90 Å². The van der Waals surface area contributed by atoms with E-state index in [9.17, 15) is 4.79 Å². The molecule has 1 fully saturated rings. The second-order valence-electron chi connectivity index (χ2n) is 7.24. The number of piperidine rings is 1. The van der Waals surface area contributed by atoms with Gasteiger partial charge in [-0.1, -0.05) is 12.1 Å². The minimum Gasteiger partial charge on any atom is -0.478 e. The predicted octanol–water partition coefficient (Wildman–Crippen LogP) is 2.95. The van der Waals surface area contributed by atoms with Crippen LogP contribution in [0.25, 0.3) is 11.5 Å². The van der Waals surface area contributed by atoms with Crippen LogP contribution in [-0.2, 0) is 13.6 Å². The second-order valence-corrected chi connectivity index (χ2v) is 7.24. The third-order valence-corrected chi connectivity index (χ3v) is 5.32. The molecule has 28 heavy (non-hydrogen) atoms. The number of hydrogen-bond acceptors (Lipinski definition) is 5. The Labute approximate surface area is 163 Å². The molecule has 0 amide bonds. The van der Waals surface area contributed by atoms with Crippen molar-refractivity contribution in [3.63, 3.8) is 0 Å². The lowest BCUT2D eigenvalue weighted by Crippen LogP contribution is -2.32. The molecule has 4 rings (SSSR count). The van der Waals surface area contributed by atoms with Gasteiger partial charge in [0.15, 0.2) is 5.82 Å². The third kappa shape index (κ3) is 3.94. The normalized spacial score (nSPS) is 15.6. The molecule has 3 heterocycles. The maximum absolute atomic E-state index is 11.0. The maximum atomic E-state index is 11.0. The smallest absolute Gasteiger partial charge is 0.335 e. The van der Waals surface area contributed by atoms with Crippen LogP contribution in [0.15, 0.2) is 49.1 Å². The first-order valence-electron chi connectivity index (χ1n) is 9.44. The first-order chi connectivity index (χ1) is 13.6. The van der Waals surface area contributed by atoms with Crippen LogP contribution in [0, 0.1) is 0 Å². The number of rotatable bonds is 5. The van der Waals surface area contributed by atoms with Crippen molar-refractivity contribution in [1.29, 1.82) is 0 Å². The number of aromatic nitrogens is 4. The third-order valence-electron chi connectivity index (χ3n) is 5.32. The van der Waals surface area contributed by atoms with Crippen LogP contribution in [0.3, 0.4) is 0 Å². The molecule has 144 valence electrons. The highest BCUT2D eigenvalue weighted by molar-refractivity contribution is 5.87. The summed E-state index contributed by atoms with van der Waals surface area (Å²) in [6, 6.07) is 7.14. The molecule has 1 aliphatic rings. The Kier molecular flexibility index (Phi) is 5.16. The molecule has 3 aromatic rings. The molecule has 0 spiro atoms. The zero-order valence-electron chi connectivity index (χ0n) is 15.8. The van der Waals surface area contributed by atoms with Crippen LogP contribution >= 0.6 is 0 Å². The van der Waals surface area contributed by atoms with E-state index in [0.29, 0.717) is 11.5 Å². The van der Waals surface area contributed by atoms with Crippen LogP contribution in [-0.4, -0.2) is 48.6 Å². The molecule has 0 aliphatic carbocycles. The van der Waals surface area contributed by atoms with E-state index >= 15 is 0 Å². The molecule has 2 aromatic heterocycles. The summed E-state index contributed by atoms with van der Waals surface area (Å²) in [5.41, 5.74) is 3.31. The van der Waals surface area contributed by atoms with Gasteiger partial charge in [-0.05, 0) is 43.6 Å². The number of likely N-dealkylation sites (tertiary alicyclic amines) is 1. The van der Waals surface area contributed by atoms with Crippen molar-refractivity contribution >= 4 is 5.97 Å². The van der Waals surface area contributed by atoms with Gasteiger partial charge in [-0.2, -0.15) is 0 Å². The molecule has 0 unspecified atom stereocenters. The van der Waals surface area contributed by atoms with Crippen molar-refractivity contribution in [2.75, 3.05) is 13.1 Å². The zero-order chi connectivity index (χ0) is 19.5. The van der Waals surface area contributed by atoms with Gasteiger partial charge in [0.2, 0.25) is 0 Å². The van der Waals surface area contributed by atoms with Gasteiger partial charge in [-0.15, -0.1) is 0 Å². The predicted molar refractivity (Wildman–Crippen MR) is 105 cm³/mol. The standard InChI is InChI=1S/C21H23N5O2/c1-25-11-8-23-20(25)19-13-22-12-18(24-19)16-6-9-26(10-7-16)14-15-2-4-17(5-3-15)21(27)28/h2-5,8,11-13,16H,6-7,9-10,14H2,1H3,(H,27,28). The summed E-state index contributed by atoms with van der Waals surface area (Å²) >= 11 is 0. The molecular formula is C21H23N5O2. The van der Waals surface area contributed by atoms with E-state index in [4.69, 9.17) is 10.1 Å². The molecule has 1 N–H and O–H groups in total. The Hall–Kier alpha value is -3.06. The van der Waals surface area contributed by atoms with Crippen molar-refractivity contribution in [2.45, 2.75) is 25.3 Å². The van der Waals surface area contributed by atoms with E-state index in [1.807, 2.05) is 36.1 Å². The van der Waals surface area contributed by atoms with Crippen molar-refractivity contribution in [3.8, 4) is 11.5 Å². The monoisotopic (exact) mass is 377 g/mol. The fourth-order valence-electron chi connectivity index (χ4n) is 3.70. The average Bonchev–Trinajstić information content (AvgIpc) is 3.15. The first kappa shape index (κ1) is 18.3. The summed E-state index contributed by atoms with van der Waals surface area (Å²) in [6.07, 6.45) is 9.38. The molecule has 0 radical (unpaired) electrons. The highest BCUT2D eigenvalue weighted by Gasteiger charge is 2.22. The summed E-state index contributed by atoms with van der Waals surface area (Å²) in [5, 5.41) is 9.00. The SMILES string of the molecule is Cn1ccnc1-c1cncc(C2CCN(Cc3ccc(C(=O)O)cc3)CC2)n1. The molecule has 1 aliphatic heterocycles. The Morgan fingerprint density at radius 1 is 1.18 bits per heavy atom. The van der Waals surface area contributed by atoms with Crippen LogP contribution in [0.1, 0.15) is 40.4 Å². The number of hydrogen-bond donors (Lipinski definition) is 1. The summed E-state index contributed by atoms with van der Waals surface area (Å²) < 4.78 is 1.95. The molecular weight excluding hydrogens is 354 g/mol. The van der Waals surface area contributed by atoms with Gasteiger partial charge in [0.25, 0.3) is 0 Å². The summed E-state index contributed by atoms with van der Waals surface area (Å²) in [6.45, 7) is 2.81. The van der Waals surface area contributed by atoms with E-state index < -0.39 is 5.97 Å². The number of aryl methyl sites for hydroxylation is 1. The van der Waals surface area contributed by atoms with Crippen LogP contribution in [0.2, 0.25) is 0 Å². The number of carboxylic acid groups (broad SMARTS) is 1. The minimum atomic E-state index is -0.888. The van der Waals surface area contributed by atoms with Gasteiger partial charge < -0.3 is 9.67 Å². The Bertz CT molecular complexity index is 959. The topological polar surface area (TPSA) is 84.1 Å². The van der Waals surface area contributed by atoms with E-state index in [0.717, 1.165) is 55.3 Å². The van der Waals surface area contributed by atoms with E-state index in [1.54, 1.807) is 24.5 Å². The van der Waals surface area contributed by atoms with Crippen molar-refractivity contribution in [2.24, 2.45) is 7.05 Å². The highest BCUT2D eigenvalue weighted by Crippen LogP contribution is 2.28. The molecule has 0 atom stereocenters. The second kappa shape index (κ2) is 7.90. The van der Waals surface area contributed by atoms with E-state index in [2.05, 4.69) is 14.9 Å². The molecule has 7 heteroatoms. The van der Waals surface area contributed by atoms with Gasteiger partial charge >= 0.3 is 5.97 Å². The van der Waals surface area contributed by atoms with Gasteiger partial charge in [-0.3, -0.25) is 9.88 Å². The van der Waals surface area contributed by atoms with Crippen LogP contribution < -0.4 is 0 Å². The largest absolute Gasteiger partial charge is 0.478 e. The molecule has 1 aromatic carbocycles. The molecule has 0 bridgehead atoms. The summed E-state index contributed by atoms with van der Waals surface area (Å²) in [5.74, 6) is 0.344. The number of carbonyl (C=O) groups is 1. The number of benzene rings is 1. The minimum absolute atomic E-state index is 0.327. The Balaban J connectivity index is 1.38. The maximum Gasteiger partial charge on any atom is 0.335 e. The number of carboxylic acids is 1. The Morgan fingerprint density at radius 2 is 1.93 bits per heavy atom. The Morgan fingerprint density at radius 3 is 2.57 bits per heavy atom. The van der Waals surface area contributed by atoms with Gasteiger partial charge in [0.1, 0.15) is 5.69 Å². The zero-order valence-corrected chi connectivity index (χ0v) is 15.8. The summed E-state index contributed by atoms with van der Waals surface area (Å²) in [4.78, 5) is 26.9. The van der Waals surface area contributed by atoms with Crippen LogP contribution in [0.4, 0.5) is 0 Å². The first-order valence-corrected chi connectivity index (χ1v) is 9.44. The number of imidazole rings is 1. The molecule has 7 nitrogen and oxygen atoms in total. The molecule has 1 saturated heterocycles. The van der Waals surface area contributed by atoms with Crippen molar-refractivity contribution in [3.05, 3.63) is 65.9 Å². The van der Waals surface area contributed by atoms with Crippen LogP contribution in [0.5, 0.6) is 0 Å². The van der Waals surface area contributed by atoms with Crippen molar-refractivity contribution in [1.82, 2.24) is 24.4 Å². The van der Waals surface area contributed by atoms with E-state index in [-0.39, 0.29) is 0 Å². The lowest BCUT2D eigenvalue weighted by molar-refractivity contribution is 0.0697. The summed E-state index contributed by atoms with van der Waals surface area (Å²) in [7, 11) is 1.96. The quantitative estimate of drug-likeness (QED) is 0.736. The van der Waals surface area contributed by atoms with Gasteiger partial charge in [-0.25, -0.2) is 14.8 Å². The number of nitrogens with zero attached hydrogens (tertiary/aromatic N) is 5.